The van der Waals surface area contributed by atoms with Crippen LogP contribution >= 0.6 is 0 Å². The van der Waals surface area contributed by atoms with Crippen molar-refractivity contribution in [2.75, 3.05) is 14.2 Å². The van der Waals surface area contributed by atoms with Crippen LogP contribution in [0.5, 0.6) is 23.0 Å². The van der Waals surface area contributed by atoms with Crippen LogP contribution in [0.2, 0.25) is 0 Å². The number of carboxylic acid groups (broad SMARTS) is 1. The molecule has 4 aromatic rings. The van der Waals surface area contributed by atoms with Crippen molar-refractivity contribution in [3.63, 3.8) is 0 Å². The minimum Gasteiger partial charge on any atom is -0.497 e. The van der Waals surface area contributed by atoms with Gasteiger partial charge in [-0.2, -0.15) is 0 Å². The molecule has 0 saturated carbocycles. The summed E-state index contributed by atoms with van der Waals surface area (Å²) in [5, 5.41) is 9.72. The lowest BCUT2D eigenvalue weighted by Crippen LogP contribution is -2.33. The highest BCUT2D eigenvalue weighted by atomic mass is 16.7. The zero-order valence-electron chi connectivity index (χ0n) is 18.8. The van der Waals surface area contributed by atoms with Crippen LogP contribution in [0.25, 0.3) is 22.3 Å². The Balaban J connectivity index is 1.54. The fraction of sp³-hybridized carbons (Fsp3) is 0.107. The number of benzene rings is 4. The molecule has 0 saturated heterocycles. The Kier molecular flexibility index (Phi) is 6.98. The molecule has 6 nitrogen and oxygen atoms in total. The second-order valence-electron chi connectivity index (χ2n) is 7.43. The second kappa shape index (κ2) is 10.4. The summed E-state index contributed by atoms with van der Waals surface area (Å²) in [5.74, 6) is 0.963. The summed E-state index contributed by atoms with van der Waals surface area (Å²) in [4.78, 5) is 11.9. The fourth-order valence-corrected chi connectivity index (χ4v) is 3.48. The molecule has 172 valence electrons. The normalized spacial score (nSPS) is 10.6. The monoisotopic (exact) mass is 456 g/mol. The Hall–Kier alpha value is -4.45. The number of carbonyl (C=O) groups is 1. The van der Waals surface area contributed by atoms with Crippen molar-refractivity contribution < 1.29 is 28.8 Å². The molecule has 0 unspecified atom stereocenters. The number of rotatable bonds is 9. The van der Waals surface area contributed by atoms with Gasteiger partial charge >= 0.3 is 12.3 Å². The van der Waals surface area contributed by atoms with Crippen LogP contribution in [0.3, 0.4) is 0 Å². The molecule has 6 heteroatoms. The lowest BCUT2D eigenvalue weighted by atomic mass is 10.1. The molecule has 0 atom stereocenters. The summed E-state index contributed by atoms with van der Waals surface area (Å²) in [6, 6.07) is 29.5. The van der Waals surface area contributed by atoms with E-state index in [-0.39, 0.29) is 0 Å². The molecule has 0 aliphatic carbocycles. The van der Waals surface area contributed by atoms with E-state index in [9.17, 15) is 9.90 Å². The van der Waals surface area contributed by atoms with Crippen molar-refractivity contribution in [3.8, 4) is 45.3 Å². The molecule has 0 spiro atoms. The third-order valence-corrected chi connectivity index (χ3v) is 5.16. The van der Waals surface area contributed by atoms with Crippen molar-refractivity contribution in [2.24, 2.45) is 0 Å². The van der Waals surface area contributed by atoms with E-state index in [2.05, 4.69) is 0 Å². The SMILES string of the molecule is COc1cccc(-c2cccc(OC(Oc3cccc(-c4cccc(OC)c4)c3)C(=O)O)c2)c1. The Labute approximate surface area is 197 Å². The van der Waals surface area contributed by atoms with Crippen LogP contribution in [-0.4, -0.2) is 31.6 Å². The van der Waals surface area contributed by atoms with Crippen LogP contribution in [-0.2, 0) is 4.79 Å². The van der Waals surface area contributed by atoms with Gasteiger partial charge in [0.2, 0.25) is 0 Å². The van der Waals surface area contributed by atoms with Crippen molar-refractivity contribution in [1.82, 2.24) is 0 Å². The lowest BCUT2D eigenvalue weighted by molar-refractivity contribution is -0.158. The maximum absolute atomic E-state index is 11.9. The Morgan fingerprint density at radius 3 is 1.24 bits per heavy atom. The number of ether oxygens (including phenoxy) is 4. The number of hydrogen-bond donors (Lipinski definition) is 1. The summed E-state index contributed by atoms with van der Waals surface area (Å²) < 4.78 is 22.0. The van der Waals surface area contributed by atoms with E-state index in [4.69, 9.17) is 18.9 Å². The standard InChI is InChI=1S/C28H24O6/c1-31-23-11-3-7-19(15-23)21-9-5-13-25(17-21)33-28(27(29)30)34-26-14-6-10-22(18-26)20-8-4-12-24(16-20)32-2/h3-18,28H,1-2H3,(H,29,30). The Bertz CT molecular complexity index is 1190. The fourth-order valence-electron chi connectivity index (χ4n) is 3.48. The first kappa shape index (κ1) is 22.7. The summed E-state index contributed by atoms with van der Waals surface area (Å²) in [7, 11) is 3.22. The molecule has 4 rings (SSSR count). The first-order chi connectivity index (χ1) is 16.6. The molecule has 0 aliphatic rings. The van der Waals surface area contributed by atoms with E-state index in [0.717, 1.165) is 33.8 Å². The van der Waals surface area contributed by atoms with Gasteiger partial charge in [-0.25, -0.2) is 4.79 Å². The van der Waals surface area contributed by atoms with Gasteiger partial charge in [0.15, 0.2) is 0 Å². The lowest BCUT2D eigenvalue weighted by Gasteiger charge is -2.18. The molecule has 34 heavy (non-hydrogen) atoms. The number of carboxylic acids is 1. The maximum Gasteiger partial charge on any atom is 0.387 e. The first-order valence-electron chi connectivity index (χ1n) is 10.6. The summed E-state index contributed by atoms with van der Waals surface area (Å²) in [6.45, 7) is 0. The van der Waals surface area contributed by atoms with E-state index < -0.39 is 12.3 Å². The molecule has 0 bridgehead atoms. The van der Waals surface area contributed by atoms with E-state index in [1.54, 1.807) is 50.6 Å². The summed E-state index contributed by atoms with van der Waals surface area (Å²) >= 11 is 0. The van der Waals surface area contributed by atoms with Crippen LogP contribution < -0.4 is 18.9 Å². The highest BCUT2D eigenvalue weighted by Gasteiger charge is 2.22. The van der Waals surface area contributed by atoms with Crippen LogP contribution in [0.1, 0.15) is 0 Å². The molecule has 0 fully saturated rings. The van der Waals surface area contributed by atoms with Crippen LogP contribution in [0.15, 0.2) is 97.1 Å². The zero-order chi connectivity index (χ0) is 23.9. The topological polar surface area (TPSA) is 74.2 Å². The van der Waals surface area contributed by atoms with Gasteiger partial charge in [-0.3, -0.25) is 0 Å². The van der Waals surface area contributed by atoms with Crippen molar-refractivity contribution in [2.45, 2.75) is 6.29 Å². The minimum atomic E-state index is -1.53. The van der Waals surface area contributed by atoms with E-state index in [0.29, 0.717) is 11.5 Å². The molecule has 0 heterocycles. The van der Waals surface area contributed by atoms with Gasteiger partial charge in [0.1, 0.15) is 23.0 Å². The molecule has 0 amide bonds. The Morgan fingerprint density at radius 2 is 0.912 bits per heavy atom. The van der Waals surface area contributed by atoms with Gasteiger partial charge in [-0.05, 0) is 70.8 Å². The zero-order valence-corrected chi connectivity index (χ0v) is 18.8. The van der Waals surface area contributed by atoms with Crippen molar-refractivity contribution in [3.05, 3.63) is 97.1 Å². The largest absolute Gasteiger partial charge is 0.497 e. The smallest absolute Gasteiger partial charge is 0.387 e. The van der Waals surface area contributed by atoms with Crippen LogP contribution in [0, 0.1) is 0 Å². The molecular formula is C28H24O6. The van der Waals surface area contributed by atoms with Gasteiger partial charge in [-0.1, -0.05) is 48.5 Å². The number of aliphatic carboxylic acids is 1. The summed E-state index contributed by atoms with van der Waals surface area (Å²) in [6.07, 6.45) is -1.53. The summed E-state index contributed by atoms with van der Waals surface area (Å²) in [5.41, 5.74) is 3.56. The molecule has 0 aliphatic heterocycles. The van der Waals surface area contributed by atoms with E-state index in [1.807, 2.05) is 60.7 Å². The number of hydrogen-bond acceptors (Lipinski definition) is 5. The highest BCUT2D eigenvalue weighted by Crippen LogP contribution is 2.29. The second-order valence-corrected chi connectivity index (χ2v) is 7.43. The van der Waals surface area contributed by atoms with Gasteiger partial charge in [-0.15, -0.1) is 0 Å². The number of methoxy groups -OCH3 is 2. The van der Waals surface area contributed by atoms with Crippen molar-refractivity contribution in [1.29, 1.82) is 0 Å². The minimum absolute atomic E-state index is 0.372. The quantitative estimate of drug-likeness (QED) is 0.316. The molecule has 1 N–H and O–H groups in total. The van der Waals surface area contributed by atoms with Gasteiger partial charge in [0, 0.05) is 0 Å². The molecule has 4 aromatic carbocycles. The van der Waals surface area contributed by atoms with Gasteiger partial charge in [0.05, 0.1) is 14.2 Å². The van der Waals surface area contributed by atoms with Crippen LogP contribution in [0.4, 0.5) is 0 Å². The average molecular weight is 456 g/mol. The maximum atomic E-state index is 11.9. The van der Waals surface area contributed by atoms with E-state index >= 15 is 0 Å². The van der Waals surface area contributed by atoms with Gasteiger partial charge < -0.3 is 24.1 Å². The molecular weight excluding hydrogens is 432 g/mol. The van der Waals surface area contributed by atoms with E-state index in [1.165, 1.54) is 0 Å². The third kappa shape index (κ3) is 5.48. The first-order valence-corrected chi connectivity index (χ1v) is 10.6. The van der Waals surface area contributed by atoms with Gasteiger partial charge in [0.25, 0.3) is 0 Å². The predicted molar refractivity (Wildman–Crippen MR) is 130 cm³/mol. The molecule has 0 aromatic heterocycles. The average Bonchev–Trinajstić information content (AvgIpc) is 2.88. The Morgan fingerprint density at radius 1 is 0.588 bits per heavy atom. The van der Waals surface area contributed by atoms with Crippen molar-refractivity contribution >= 4 is 5.97 Å². The third-order valence-electron chi connectivity index (χ3n) is 5.16. The highest BCUT2D eigenvalue weighted by molar-refractivity contribution is 5.73. The molecule has 0 radical (unpaired) electrons. The predicted octanol–water partition coefficient (Wildman–Crippen LogP) is 5.91.